The third-order valence-corrected chi connectivity index (χ3v) is 5.62. The van der Waals surface area contributed by atoms with Gasteiger partial charge in [-0.3, -0.25) is 14.9 Å². The molecule has 2 aromatic carbocycles. The Morgan fingerprint density at radius 3 is 2.50 bits per heavy atom. The molecule has 1 aliphatic rings. The molecule has 1 fully saturated rings. The Labute approximate surface area is 169 Å². The SMILES string of the molecule is O=C(CSc1ccc(F)cc1F)N1CCN(c2ccc(Cl)cc2[N+](=O)[O-])CC1. The number of thioether (sulfide) groups is 1. The minimum absolute atomic E-state index is 0.0314. The summed E-state index contributed by atoms with van der Waals surface area (Å²) in [7, 11) is 0. The fourth-order valence-electron chi connectivity index (χ4n) is 2.93. The Morgan fingerprint density at radius 1 is 1.14 bits per heavy atom. The molecule has 0 saturated carbocycles. The summed E-state index contributed by atoms with van der Waals surface area (Å²) >= 11 is 6.86. The highest BCUT2D eigenvalue weighted by Gasteiger charge is 2.26. The first-order valence-corrected chi connectivity index (χ1v) is 9.76. The van der Waals surface area contributed by atoms with Gasteiger partial charge in [0.15, 0.2) is 0 Å². The van der Waals surface area contributed by atoms with Gasteiger partial charge in [-0.25, -0.2) is 8.78 Å². The Hall–Kier alpha value is -2.39. The number of benzene rings is 2. The van der Waals surface area contributed by atoms with Crippen LogP contribution in [0.4, 0.5) is 20.2 Å². The van der Waals surface area contributed by atoms with Crippen LogP contribution in [0.15, 0.2) is 41.3 Å². The van der Waals surface area contributed by atoms with Crippen molar-refractivity contribution >= 4 is 40.6 Å². The number of amides is 1. The van der Waals surface area contributed by atoms with Crippen molar-refractivity contribution in [2.45, 2.75) is 4.90 Å². The number of halogens is 3. The number of nitrogens with zero attached hydrogens (tertiary/aromatic N) is 3. The van der Waals surface area contributed by atoms with Gasteiger partial charge in [-0.1, -0.05) is 11.6 Å². The van der Waals surface area contributed by atoms with Crippen molar-refractivity contribution in [3.8, 4) is 0 Å². The second-order valence-corrected chi connectivity index (χ2v) is 7.58. The molecule has 3 rings (SSSR count). The van der Waals surface area contributed by atoms with Gasteiger partial charge < -0.3 is 9.80 Å². The van der Waals surface area contributed by atoms with Gasteiger partial charge in [0.05, 0.1) is 10.7 Å². The van der Waals surface area contributed by atoms with E-state index in [1.807, 2.05) is 4.90 Å². The normalized spacial score (nSPS) is 14.2. The molecule has 0 spiro atoms. The molecule has 1 saturated heterocycles. The van der Waals surface area contributed by atoms with Crippen LogP contribution in [0.25, 0.3) is 0 Å². The summed E-state index contributed by atoms with van der Waals surface area (Å²) in [6, 6.07) is 7.74. The Morgan fingerprint density at radius 2 is 1.86 bits per heavy atom. The first-order valence-electron chi connectivity index (χ1n) is 8.39. The quantitative estimate of drug-likeness (QED) is 0.410. The predicted molar refractivity (Wildman–Crippen MR) is 104 cm³/mol. The van der Waals surface area contributed by atoms with E-state index < -0.39 is 16.6 Å². The highest BCUT2D eigenvalue weighted by atomic mass is 35.5. The first-order chi connectivity index (χ1) is 13.3. The van der Waals surface area contributed by atoms with Gasteiger partial charge in [-0.05, 0) is 24.3 Å². The van der Waals surface area contributed by atoms with Crippen LogP contribution in [0, 0.1) is 21.7 Å². The number of nitro groups is 1. The highest BCUT2D eigenvalue weighted by Crippen LogP contribution is 2.31. The average Bonchev–Trinajstić information content (AvgIpc) is 2.67. The van der Waals surface area contributed by atoms with Gasteiger partial charge in [0, 0.05) is 48.2 Å². The summed E-state index contributed by atoms with van der Waals surface area (Å²) in [6.45, 7) is 1.66. The zero-order valence-electron chi connectivity index (χ0n) is 14.6. The molecule has 2 aromatic rings. The molecule has 28 heavy (non-hydrogen) atoms. The van der Waals surface area contributed by atoms with Crippen LogP contribution in [0.1, 0.15) is 0 Å². The lowest BCUT2D eigenvalue weighted by atomic mass is 10.2. The van der Waals surface area contributed by atoms with Crippen LogP contribution < -0.4 is 4.90 Å². The summed E-state index contributed by atoms with van der Waals surface area (Å²) in [6.07, 6.45) is 0. The summed E-state index contributed by atoms with van der Waals surface area (Å²) < 4.78 is 26.6. The number of hydrogen-bond acceptors (Lipinski definition) is 5. The third-order valence-electron chi connectivity index (χ3n) is 4.35. The van der Waals surface area contributed by atoms with Crippen molar-refractivity contribution in [3.05, 3.63) is 63.2 Å². The topological polar surface area (TPSA) is 66.7 Å². The summed E-state index contributed by atoms with van der Waals surface area (Å²) in [5.41, 5.74) is 0.388. The molecule has 0 aliphatic carbocycles. The molecule has 0 aromatic heterocycles. The monoisotopic (exact) mass is 427 g/mol. The zero-order valence-corrected chi connectivity index (χ0v) is 16.2. The molecule has 0 N–H and O–H groups in total. The third kappa shape index (κ3) is 4.71. The van der Waals surface area contributed by atoms with E-state index in [1.165, 1.54) is 12.1 Å². The molecule has 0 radical (unpaired) electrons. The number of hydrogen-bond donors (Lipinski definition) is 0. The molecular formula is C18H16ClF2N3O3S. The zero-order chi connectivity index (χ0) is 20.3. The fourth-order valence-corrected chi connectivity index (χ4v) is 3.92. The molecular weight excluding hydrogens is 412 g/mol. The molecule has 6 nitrogen and oxygen atoms in total. The van der Waals surface area contributed by atoms with Gasteiger partial charge >= 0.3 is 0 Å². The number of carbonyl (C=O) groups is 1. The summed E-state index contributed by atoms with van der Waals surface area (Å²) in [4.78, 5) is 26.8. The highest BCUT2D eigenvalue weighted by molar-refractivity contribution is 8.00. The van der Waals surface area contributed by atoms with Crippen molar-refractivity contribution in [2.75, 3.05) is 36.8 Å². The van der Waals surface area contributed by atoms with Crippen molar-refractivity contribution in [2.24, 2.45) is 0 Å². The maximum absolute atomic E-state index is 13.7. The van der Waals surface area contributed by atoms with Gasteiger partial charge in [0.25, 0.3) is 5.69 Å². The molecule has 0 atom stereocenters. The van der Waals surface area contributed by atoms with E-state index in [-0.39, 0.29) is 27.3 Å². The minimum Gasteiger partial charge on any atom is -0.362 e. The standard InChI is InChI=1S/C18H16ClF2N3O3S/c19-12-1-3-15(16(9-12)24(26)27)22-5-7-23(8-6-22)18(25)11-28-17-4-2-13(20)10-14(17)21/h1-4,9-10H,5-8,11H2. The minimum atomic E-state index is -0.697. The second kappa shape index (κ2) is 8.74. The van der Waals surface area contributed by atoms with Crippen LogP contribution in [0.2, 0.25) is 5.02 Å². The Bertz CT molecular complexity index is 908. The number of carbonyl (C=O) groups excluding carboxylic acids is 1. The smallest absolute Gasteiger partial charge is 0.294 e. The van der Waals surface area contributed by atoms with E-state index in [4.69, 9.17) is 11.6 Å². The average molecular weight is 428 g/mol. The lowest BCUT2D eigenvalue weighted by molar-refractivity contribution is -0.384. The molecule has 1 aliphatic heterocycles. The van der Waals surface area contributed by atoms with Gasteiger partial charge in [0.1, 0.15) is 17.3 Å². The van der Waals surface area contributed by atoms with Crippen LogP contribution in [0.5, 0.6) is 0 Å². The molecule has 0 unspecified atom stereocenters. The largest absolute Gasteiger partial charge is 0.362 e. The predicted octanol–water partition coefficient (Wildman–Crippen LogP) is 3.97. The number of anilines is 1. The maximum atomic E-state index is 13.7. The molecule has 1 amide bonds. The Balaban J connectivity index is 1.58. The van der Waals surface area contributed by atoms with E-state index in [0.717, 1.165) is 23.9 Å². The van der Waals surface area contributed by atoms with E-state index in [9.17, 15) is 23.7 Å². The van der Waals surface area contributed by atoms with Crippen molar-refractivity contribution in [3.63, 3.8) is 0 Å². The van der Waals surface area contributed by atoms with E-state index in [0.29, 0.717) is 31.9 Å². The molecule has 10 heteroatoms. The maximum Gasteiger partial charge on any atom is 0.294 e. The second-order valence-electron chi connectivity index (χ2n) is 6.12. The van der Waals surface area contributed by atoms with Gasteiger partial charge in [-0.15, -0.1) is 11.8 Å². The van der Waals surface area contributed by atoms with E-state index in [1.54, 1.807) is 17.0 Å². The van der Waals surface area contributed by atoms with Crippen LogP contribution in [-0.2, 0) is 4.79 Å². The van der Waals surface area contributed by atoms with Gasteiger partial charge in [0.2, 0.25) is 5.91 Å². The first kappa shape index (κ1) is 20.3. The Kier molecular flexibility index (Phi) is 6.35. The number of rotatable bonds is 5. The number of piperazine rings is 1. The molecule has 1 heterocycles. The van der Waals surface area contributed by atoms with Crippen LogP contribution >= 0.6 is 23.4 Å². The lowest BCUT2D eigenvalue weighted by Crippen LogP contribution is -2.49. The summed E-state index contributed by atoms with van der Waals surface area (Å²) in [5, 5.41) is 11.5. The van der Waals surface area contributed by atoms with Crippen molar-refractivity contribution in [1.82, 2.24) is 4.90 Å². The van der Waals surface area contributed by atoms with Crippen LogP contribution in [0.3, 0.4) is 0 Å². The molecule has 148 valence electrons. The van der Waals surface area contributed by atoms with Crippen molar-refractivity contribution in [1.29, 1.82) is 0 Å². The fraction of sp³-hybridized carbons (Fsp3) is 0.278. The summed E-state index contributed by atoms with van der Waals surface area (Å²) in [5.74, 6) is -1.50. The molecule has 0 bridgehead atoms. The van der Waals surface area contributed by atoms with E-state index >= 15 is 0 Å². The van der Waals surface area contributed by atoms with E-state index in [2.05, 4.69) is 0 Å². The van der Waals surface area contributed by atoms with Crippen molar-refractivity contribution < 1.29 is 18.5 Å². The lowest BCUT2D eigenvalue weighted by Gasteiger charge is -2.35. The van der Waals surface area contributed by atoms with Gasteiger partial charge in [-0.2, -0.15) is 0 Å². The number of nitro benzene ring substituents is 1. The van der Waals surface area contributed by atoms with Crippen LogP contribution in [-0.4, -0.2) is 47.7 Å².